The van der Waals surface area contributed by atoms with Gasteiger partial charge in [-0.2, -0.15) is 9.78 Å². The molecule has 1 saturated heterocycles. The molecule has 1 unspecified atom stereocenters. The van der Waals surface area contributed by atoms with Gasteiger partial charge in [0.25, 0.3) is 11.5 Å². The van der Waals surface area contributed by atoms with E-state index in [1.54, 1.807) is 31.2 Å². The Bertz CT molecular complexity index is 846. The van der Waals surface area contributed by atoms with Crippen molar-refractivity contribution in [2.24, 2.45) is 5.41 Å². The van der Waals surface area contributed by atoms with Crippen LogP contribution in [0.3, 0.4) is 0 Å². The number of hydrogen-bond acceptors (Lipinski definition) is 4. The van der Waals surface area contributed by atoms with Crippen molar-refractivity contribution in [2.45, 2.75) is 13.3 Å². The predicted molar refractivity (Wildman–Crippen MR) is 86.1 cm³/mol. The number of rotatable bonds is 3. The number of aromatic nitrogens is 2. The maximum absolute atomic E-state index is 12.6. The Kier molecular flexibility index (Phi) is 3.92. The summed E-state index contributed by atoms with van der Waals surface area (Å²) in [6.45, 7) is 2.11. The Morgan fingerprint density at radius 1 is 1.17 bits per heavy atom. The van der Waals surface area contributed by atoms with Gasteiger partial charge in [-0.25, -0.2) is 0 Å². The second kappa shape index (κ2) is 5.92. The van der Waals surface area contributed by atoms with E-state index in [1.165, 1.54) is 21.7 Å². The Hall–Kier alpha value is -2.96. The smallest absolute Gasteiger partial charge is 0.311 e. The number of aliphatic carboxylic acids is 1. The van der Waals surface area contributed by atoms with Crippen molar-refractivity contribution in [3.63, 3.8) is 0 Å². The summed E-state index contributed by atoms with van der Waals surface area (Å²) in [4.78, 5) is 37.4. The molecule has 0 saturated carbocycles. The molecular weight excluding hydrogens is 310 g/mol. The van der Waals surface area contributed by atoms with Crippen LogP contribution in [-0.4, -0.2) is 44.8 Å². The van der Waals surface area contributed by atoms with Crippen LogP contribution in [0.1, 0.15) is 23.8 Å². The van der Waals surface area contributed by atoms with Crippen LogP contribution in [0.15, 0.2) is 47.3 Å². The predicted octanol–water partition coefficient (Wildman–Crippen LogP) is 1.17. The van der Waals surface area contributed by atoms with Crippen LogP contribution in [0.5, 0.6) is 0 Å². The van der Waals surface area contributed by atoms with Gasteiger partial charge >= 0.3 is 5.97 Å². The zero-order valence-corrected chi connectivity index (χ0v) is 13.2. The quantitative estimate of drug-likeness (QED) is 0.913. The highest BCUT2D eigenvalue weighted by Gasteiger charge is 2.42. The molecule has 1 atom stereocenters. The number of amides is 1. The van der Waals surface area contributed by atoms with Gasteiger partial charge in [-0.05, 0) is 31.5 Å². The Morgan fingerprint density at radius 3 is 2.50 bits per heavy atom. The molecule has 7 nitrogen and oxygen atoms in total. The van der Waals surface area contributed by atoms with Crippen molar-refractivity contribution in [1.82, 2.24) is 14.7 Å². The highest BCUT2D eigenvalue weighted by molar-refractivity contribution is 5.93. The van der Waals surface area contributed by atoms with Crippen LogP contribution in [-0.2, 0) is 4.79 Å². The number of para-hydroxylation sites is 1. The molecule has 1 aromatic heterocycles. The molecule has 2 aromatic rings. The van der Waals surface area contributed by atoms with Crippen LogP contribution in [0.25, 0.3) is 5.69 Å². The van der Waals surface area contributed by atoms with Crippen LogP contribution < -0.4 is 5.56 Å². The molecule has 124 valence electrons. The van der Waals surface area contributed by atoms with E-state index in [0.717, 1.165) is 0 Å². The third-order valence-corrected chi connectivity index (χ3v) is 4.30. The summed E-state index contributed by atoms with van der Waals surface area (Å²) in [5, 5.41) is 13.4. The van der Waals surface area contributed by atoms with Gasteiger partial charge in [-0.15, -0.1) is 0 Å². The second-order valence-electron chi connectivity index (χ2n) is 6.15. The highest BCUT2D eigenvalue weighted by atomic mass is 16.4. The fraction of sp³-hybridized carbons (Fsp3) is 0.294. The monoisotopic (exact) mass is 327 g/mol. The molecule has 7 heteroatoms. The van der Waals surface area contributed by atoms with E-state index in [2.05, 4.69) is 5.10 Å². The third-order valence-electron chi connectivity index (χ3n) is 4.30. The number of carbonyl (C=O) groups excluding carboxylic acids is 1. The minimum Gasteiger partial charge on any atom is -0.481 e. The van der Waals surface area contributed by atoms with Gasteiger partial charge in [0.05, 0.1) is 11.1 Å². The highest BCUT2D eigenvalue weighted by Crippen LogP contribution is 2.30. The Labute approximate surface area is 138 Å². The summed E-state index contributed by atoms with van der Waals surface area (Å²) in [5.41, 5.74) is -0.597. The average molecular weight is 327 g/mol. The van der Waals surface area contributed by atoms with Crippen molar-refractivity contribution in [3.05, 3.63) is 58.5 Å². The van der Waals surface area contributed by atoms with E-state index in [0.29, 0.717) is 18.7 Å². The maximum atomic E-state index is 12.6. The number of nitrogens with zero attached hydrogens (tertiary/aromatic N) is 3. The lowest BCUT2D eigenvalue weighted by atomic mass is 9.90. The van der Waals surface area contributed by atoms with Gasteiger partial charge < -0.3 is 10.0 Å². The third kappa shape index (κ3) is 2.80. The first kappa shape index (κ1) is 15.9. The largest absolute Gasteiger partial charge is 0.481 e. The van der Waals surface area contributed by atoms with Gasteiger partial charge in [-0.1, -0.05) is 18.2 Å². The van der Waals surface area contributed by atoms with Gasteiger partial charge in [-0.3, -0.25) is 14.4 Å². The summed E-state index contributed by atoms with van der Waals surface area (Å²) in [6, 6.07) is 11.5. The molecule has 1 fully saturated rings. The summed E-state index contributed by atoms with van der Waals surface area (Å²) in [7, 11) is 0. The Morgan fingerprint density at radius 2 is 1.88 bits per heavy atom. The van der Waals surface area contributed by atoms with Gasteiger partial charge in [0.15, 0.2) is 0 Å². The standard InChI is InChI=1S/C17H17N3O4/c1-17(16(23)24)9-10-19(11-17)15(22)13-7-8-14(21)20(18-13)12-5-3-2-4-6-12/h2-8H,9-11H2,1H3,(H,23,24). The molecule has 0 bridgehead atoms. The number of carboxylic acid groups (broad SMARTS) is 1. The summed E-state index contributed by atoms with van der Waals surface area (Å²) < 4.78 is 1.17. The van der Waals surface area contributed by atoms with E-state index in [1.807, 2.05) is 6.07 Å². The second-order valence-corrected chi connectivity index (χ2v) is 6.15. The zero-order chi connectivity index (χ0) is 17.3. The van der Waals surface area contributed by atoms with Crippen molar-refractivity contribution >= 4 is 11.9 Å². The number of hydrogen-bond donors (Lipinski definition) is 1. The minimum absolute atomic E-state index is 0.119. The number of benzene rings is 1. The van der Waals surface area contributed by atoms with Gasteiger partial charge in [0.2, 0.25) is 0 Å². The van der Waals surface area contributed by atoms with Crippen LogP contribution in [0.2, 0.25) is 0 Å². The molecule has 1 aromatic carbocycles. The van der Waals surface area contributed by atoms with Crippen molar-refractivity contribution in [2.75, 3.05) is 13.1 Å². The molecule has 0 spiro atoms. The van der Waals surface area contributed by atoms with E-state index in [9.17, 15) is 19.5 Å². The topological polar surface area (TPSA) is 92.5 Å². The van der Waals surface area contributed by atoms with Crippen LogP contribution in [0.4, 0.5) is 0 Å². The van der Waals surface area contributed by atoms with Gasteiger partial charge in [0.1, 0.15) is 5.69 Å². The number of carbonyl (C=O) groups is 2. The maximum Gasteiger partial charge on any atom is 0.311 e. The lowest BCUT2D eigenvalue weighted by Crippen LogP contribution is -2.36. The lowest BCUT2D eigenvalue weighted by Gasteiger charge is -2.20. The van der Waals surface area contributed by atoms with Crippen molar-refractivity contribution < 1.29 is 14.7 Å². The molecule has 1 aliphatic heterocycles. The molecule has 0 aliphatic carbocycles. The van der Waals surface area contributed by atoms with Crippen molar-refractivity contribution in [1.29, 1.82) is 0 Å². The number of likely N-dealkylation sites (tertiary alicyclic amines) is 1. The van der Waals surface area contributed by atoms with Gasteiger partial charge in [0, 0.05) is 19.2 Å². The van der Waals surface area contributed by atoms with E-state index in [-0.39, 0.29) is 23.7 Å². The summed E-state index contributed by atoms with van der Waals surface area (Å²) in [5.74, 6) is -1.29. The Balaban J connectivity index is 1.90. The fourth-order valence-corrected chi connectivity index (χ4v) is 2.75. The first-order valence-corrected chi connectivity index (χ1v) is 7.59. The zero-order valence-electron chi connectivity index (χ0n) is 13.2. The van der Waals surface area contributed by atoms with Crippen LogP contribution in [0, 0.1) is 5.41 Å². The molecule has 24 heavy (non-hydrogen) atoms. The molecule has 3 rings (SSSR count). The average Bonchev–Trinajstić information content (AvgIpc) is 2.99. The lowest BCUT2D eigenvalue weighted by molar-refractivity contribution is -0.147. The molecule has 2 heterocycles. The van der Waals surface area contributed by atoms with E-state index < -0.39 is 11.4 Å². The number of carboxylic acids is 1. The molecular formula is C17H17N3O4. The summed E-state index contributed by atoms with van der Waals surface area (Å²) >= 11 is 0. The van der Waals surface area contributed by atoms with Crippen LogP contribution >= 0.6 is 0 Å². The normalized spacial score (nSPS) is 20.1. The fourth-order valence-electron chi connectivity index (χ4n) is 2.75. The first-order valence-electron chi connectivity index (χ1n) is 7.59. The molecule has 1 amide bonds. The summed E-state index contributed by atoms with van der Waals surface area (Å²) in [6.07, 6.45) is 0.395. The van der Waals surface area contributed by atoms with Crippen molar-refractivity contribution in [3.8, 4) is 5.69 Å². The van der Waals surface area contributed by atoms with E-state index in [4.69, 9.17) is 0 Å². The minimum atomic E-state index is -0.941. The molecule has 1 N–H and O–H groups in total. The SMILES string of the molecule is CC1(C(=O)O)CCN(C(=O)c2ccc(=O)n(-c3ccccc3)n2)C1. The molecule has 1 aliphatic rings. The first-order chi connectivity index (χ1) is 11.4. The molecule has 0 radical (unpaired) electrons. The van der Waals surface area contributed by atoms with E-state index >= 15 is 0 Å².